The van der Waals surface area contributed by atoms with E-state index in [0.717, 1.165) is 11.6 Å². The molecular formula is C13H21N3O. The Morgan fingerprint density at radius 3 is 2.59 bits per heavy atom. The lowest BCUT2D eigenvalue weighted by Crippen LogP contribution is -2.26. The van der Waals surface area contributed by atoms with Gasteiger partial charge in [0.1, 0.15) is 0 Å². The summed E-state index contributed by atoms with van der Waals surface area (Å²) < 4.78 is 5.15. The summed E-state index contributed by atoms with van der Waals surface area (Å²) >= 11 is 0. The zero-order valence-corrected chi connectivity index (χ0v) is 10.9. The van der Waals surface area contributed by atoms with Crippen molar-refractivity contribution in [2.75, 3.05) is 12.4 Å². The molecule has 0 amide bonds. The number of nitrogens with one attached hydrogen (secondary N) is 1. The molecule has 1 heterocycles. The van der Waals surface area contributed by atoms with Crippen LogP contribution in [0, 0.1) is 12.8 Å². The lowest BCUT2D eigenvalue weighted by atomic mass is 9.87. The maximum Gasteiger partial charge on any atom is 0.226 e. The summed E-state index contributed by atoms with van der Waals surface area (Å²) in [6.07, 6.45) is 5.00. The molecule has 2 rings (SSSR count). The molecule has 94 valence electrons. The summed E-state index contributed by atoms with van der Waals surface area (Å²) in [4.78, 5) is 8.71. The number of methoxy groups -OCH3 is 1. The van der Waals surface area contributed by atoms with E-state index >= 15 is 0 Å². The van der Waals surface area contributed by atoms with Crippen LogP contribution < -0.4 is 10.1 Å². The number of nitrogens with zero attached hydrogens (tertiary/aromatic N) is 2. The number of ether oxygens (including phenoxy) is 1. The molecule has 0 atom stereocenters. The first kappa shape index (κ1) is 12.1. The Bertz CT molecular complexity index is 373. The second-order valence-electron chi connectivity index (χ2n) is 4.98. The van der Waals surface area contributed by atoms with E-state index in [4.69, 9.17) is 4.74 Å². The highest BCUT2D eigenvalue weighted by Crippen LogP contribution is 2.25. The van der Waals surface area contributed by atoms with Gasteiger partial charge < -0.3 is 10.1 Å². The van der Waals surface area contributed by atoms with Gasteiger partial charge >= 0.3 is 0 Å². The van der Waals surface area contributed by atoms with Gasteiger partial charge in [-0.15, -0.1) is 0 Å². The van der Waals surface area contributed by atoms with Crippen LogP contribution in [0.4, 0.5) is 5.95 Å². The topological polar surface area (TPSA) is 47.0 Å². The van der Waals surface area contributed by atoms with Gasteiger partial charge in [0.15, 0.2) is 0 Å². The third-order valence-corrected chi connectivity index (χ3v) is 3.39. The number of hydrogen-bond acceptors (Lipinski definition) is 4. The van der Waals surface area contributed by atoms with Crippen molar-refractivity contribution in [3.05, 3.63) is 11.8 Å². The van der Waals surface area contributed by atoms with E-state index in [0.29, 0.717) is 17.9 Å². The summed E-state index contributed by atoms with van der Waals surface area (Å²) in [7, 11) is 1.63. The van der Waals surface area contributed by atoms with Crippen molar-refractivity contribution < 1.29 is 4.74 Å². The molecule has 0 aliphatic heterocycles. The Balaban J connectivity index is 2.00. The Hall–Kier alpha value is -1.32. The molecule has 1 fully saturated rings. The normalized spacial score (nSPS) is 24.4. The van der Waals surface area contributed by atoms with E-state index in [-0.39, 0.29) is 0 Å². The van der Waals surface area contributed by atoms with Crippen molar-refractivity contribution in [2.45, 2.75) is 45.6 Å². The highest BCUT2D eigenvalue weighted by Gasteiger charge is 2.18. The number of aromatic nitrogens is 2. The van der Waals surface area contributed by atoms with Crippen LogP contribution in [0.25, 0.3) is 0 Å². The molecule has 4 nitrogen and oxygen atoms in total. The fraction of sp³-hybridized carbons (Fsp3) is 0.692. The zero-order valence-electron chi connectivity index (χ0n) is 10.9. The summed E-state index contributed by atoms with van der Waals surface area (Å²) in [5.41, 5.74) is 0.934. The SMILES string of the molecule is COc1cc(C)nc(NC2CCC(C)CC2)n1. The van der Waals surface area contributed by atoms with Gasteiger partial charge in [-0.1, -0.05) is 6.92 Å². The van der Waals surface area contributed by atoms with Crippen molar-refractivity contribution in [2.24, 2.45) is 5.92 Å². The van der Waals surface area contributed by atoms with Gasteiger partial charge in [0.2, 0.25) is 11.8 Å². The van der Waals surface area contributed by atoms with E-state index in [2.05, 4.69) is 22.2 Å². The van der Waals surface area contributed by atoms with Gasteiger partial charge in [0, 0.05) is 17.8 Å². The average Bonchev–Trinajstić information content (AvgIpc) is 2.31. The first-order valence-electron chi connectivity index (χ1n) is 6.33. The molecule has 1 aliphatic rings. The zero-order chi connectivity index (χ0) is 12.3. The van der Waals surface area contributed by atoms with Gasteiger partial charge in [-0.2, -0.15) is 4.98 Å². The molecule has 1 aromatic heterocycles. The van der Waals surface area contributed by atoms with Crippen molar-refractivity contribution in [3.8, 4) is 5.88 Å². The average molecular weight is 235 g/mol. The first-order valence-corrected chi connectivity index (χ1v) is 6.33. The highest BCUT2D eigenvalue weighted by atomic mass is 16.5. The summed E-state index contributed by atoms with van der Waals surface area (Å²) in [5, 5.41) is 3.41. The lowest BCUT2D eigenvalue weighted by Gasteiger charge is -2.26. The van der Waals surface area contributed by atoms with Crippen LogP contribution in [0.5, 0.6) is 5.88 Å². The van der Waals surface area contributed by atoms with Crippen molar-refractivity contribution in [1.29, 1.82) is 0 Å². The van der Waals surface area contributed by atoms with E-state index in [9.17, 15) is 0 Å². The molecular weight excluding hydrogens is 214 g/mol. The maximum absolute atomic E-state index is 5.15. The number of anilines is 1. The largest absolute Gasteiger partial charge is 0.481 e. The third kappa shape index (κ3) is 3.32. The van der Waals surface area contributed by atoms with Crippen LogP contribution in [-0.2, 0) is 0 Å². The Kier molecular flexibility index (Phi) is 3.82. The molecule has 1 aromatic rings. The standard InChI is InChI=1S/C13H21N3O/c1-9-4-6-11(7-5-9)15-13-14-10(2)8-12(16-13)17-3/h8-9,11H,4-7H2,1-3H3,(H,14,15,16). The minimum Gasteiger partial charge on any atom is -0.481 e. The van der Waals surface area contributed by atoms with E-state index < -0.39 is 0 Å². The summed E-state index contributed by atoms with van der Waals surface area (Å²) in [6.45, 7) is 4.28. The van der Waals surface area contributed by atoms with Crippen LogP contribution in [0.2, 0.25) is 0 Å². The number of rotatable bonds is 3. The fourth-order valence-corrected chi connectivity index (χ4v) is 2.30. The predicted octanol–water partition coefficient (Wildman–Crippen LogP) is 2.78. The summed E-state index contributed by atoms with van der Waals surface area (Å²) in [6, 6.07) is 2.35. The number of hydrogen-bond donors (Lipinski definition) is 1. The van der Waals surface area contributed by atoms with Crippen molar-refractivity contribution >= 4 is 5.95 Å². The minimum absolute atomic E-state index is 0.512. The van der Waals surface area contributed by atoms with Crippen LogP contribution >= 0.6 is 0 Å². The quantitative estimate of drug-likeness (QED) is 0.875. The van der Waals surface area contributed by atoms with E-state index in [1.807, 2.05) is 13.0 Å². The first-order chi connectivity index (χ1) is 8.17. The minimum atomic E-state index is 0.512. The molecule has 0 unspecified atom stereocenters. The molecule has 0 bridgehead atoms. The summed E-state index contributed by atoms with van der Waals surface area (Å²) in [5.74, 6) is 2.19. The lowest BCUT2D eigenvalue weighted by molar-refractivity contribution is 0.359. The maximum atomic E-state index is 5.15. The second kappa shape index (κ2) is 5.34. The smallest absolute Gasteiger partial charge is 0.226 e. The Morgan fingerprint density at radius 1 is 1.24 bits per heavy atom. The van der Waals surface area contributed by atoms with Gasteiger partial charge in [-0.3, -0.25) is 0 Å². The monoisotopic (exact) mass is 235 g/mol. The Morgan fingerprint density at radius 2 is 1.94 bits per heavy atom. The van der Waals surface area contributed by atoms with Crippen LogP contribution in [0.1, 0.15) is 38.3 Å². The van der Waals surface area contributed by atoms with Crippen LogP contribution in [0.15, 0.2) is 6.07 Å². The molecule has 0 aromatic carbocycles. The Labute approximate surface area is 103 Å². The fourth-order valence-electron chi connectivity index (χ4n) is 2.30. The molecule has 1 saturated carbocycles. The molecule has 17 heavy (non-hydrogen) atoms. The molecule has 0 radical (unpaired) electrons. The van der Waals surface area contributed by atoms with Crippen molar-refractivity contribution in [3.63, 3.8) is 0 Å². The van der Waals surface area contributed by atoms with Gasteiger partial charge in [0.05, 0.1) is 7.11 Å². The molecule has 0 spiro atoms. The second-order valence-corrected chi connectivity index (χ2v) is 4.98. The molecule has 0 saturated heterocycles. The third-order valence-electron chi connectivity index (χ3n) is 3.39. The molecule has 1 aliphatic carbocycles. The molecule has 1 N–H and O–H groups in total. The van der Waals surface area contributed by atoms with E-state index in [1.165, 1.54) is 25.7 Å². The number of aryl methyl sites for hydroxylation is 1. The van der Waals surface area contributed by atoms with Crippen molar-refractivity contribution in [1.82, 2.24) is 9.97 Å². The van der Waals surface area contributed by atoms with E-state index in [1.54, 1.807) is 7.11 Å². The predicted molar refractivity (Wildman–Crippen MR) is 68.4 cm³/mol. The highest BCUT2D eigenvalue weighted by molar-refractivity contribution is 5.31. The van der Waals surface area contributed by atoms with Crippen LogP contribution in [-0.4, -0.2) is 23.1 Å². The van der Waals surface area contributed by atoms with Gasteiger partial charge in [-0.25, -0.2) is 4.98 Å². The van der Waals surface area contributed by atoms with Gasteiger partial charge in [0.25, 0.3) is 0 Å². The molecule has 4 heteroatoms. The van der Waals surface area contributed by atoms with Gasteiger partial charge in [-0.05, 0) is 38.5 Å². The van der Waals surface area contributed by atoms with Crippen LogP contribution in [0.3, 0.4) is 0 Å².